The third kappa shape index (κ3) is 4.18. The van der Waals surface area contributed by atoms with Crippen molar-refractivity contribution in [1.29, 1.82) is 0 Å². The summed E-state index contributed by atoms with van der Waals surface area (Å²) in [6.07, 6.45) is 0. The van der Waals surface area contributed by atoms with Gasteiger partial charge in [0.2, 0.25) is 5.91 Å². The van der Waals surface area contributed by atoms with Gasteiger partial charge in [0.25, 0.3) is 0 Å². The van der Waals surface area contributed by atoms with Gasteiger partial charge < -0.3 is 10.6 Å². The number of ketones is 1. The van der Waals surface area contributed by atoms with Crippen molar-refractivity contribution in [2.45, 2.75) is 6.92 Å². The number of hydrogen-bond acceptors (Lipinski definition) is 3. The van der Waals surface area contributed by atoms with E-state index in [1.807, 2.05) is 31.2 Å². The number of anilines is 1. The molecule has 0 spiro atoms. The fourth-order valence-electron chi connectivity index (χ4n) is 2.04. The van der Waals surface area contributed by atoms with E-state index >= 15 is 0 Å². The predicted octanol–water partition coefficient (Wildman–Crippen LogP) is 3.23. The summed E-state index contributed by atoms with van der Waals surface area (Å²) in [6.45, 7) is 2.57. The second-order valence-electron chi connectivity index (χ2n) is 4.69. The van der Waals surface area contributed by atoms with Crippen LogP contribution in [-0.4, -0.2) is 24.8 Å². The van der Waals surface area contributed by atoms with Gasteiger partial charge in [0.1, 0.15) is 0 Å². The summed E-state index contributed by atoms with van der Waals surface area (Å²) in [4.78, 5) is 24.2. The number of halogens is 1. The van der Waals surface area contributed by atoms with E-state index in [0.717, 1.165) is 4.47 Å². The summed E-state index contributed by atoms with van der Waals surface area (Å²) in [7, 11) is 0. The van der Waals surface area contributed by atoms with Crippen LogP contribution in [0.1, 0.15) is 22.8 Å². The first-order chi connectivity index (χ1) is 10.6. The predicted molar refractivity (Wildman–Crippen MR) is 91.2 cm³/mol. The Morgan fingerprint density at radius 2 is 1.82 bits per heavy atom. The first-order valence-corrected chi connectivity index (χ1v) is 7.81. The average molecular weight is 361 g/mol. The van der Waals surface area contributed by atoms with E-state index in [9.17, 15) is 9.59 Å². The van der Waals surface area contributed by atoms with E-state index in [1.165, 1.54) is 0 Å². The lowest BCUT2D eigenvalue weighted by Gasteiger charge is -2.12. The van der Waals surface area contributed by atoms with Gasteiger partial charge in [0, 0.05) is 27.8 Å². The zero-order chi connectivity index (χ0) is 15.9. The molecule has 0 aromatic heterocycles. The highest BCUT2D eigenvalue weighted by atomic mass is 79.9. The summed E-state index contributed by atoms with van der Waals surface area (Å²) in [5, 5.41) is 5.73. The zero-order valence-electron chi connectivity index (χ0n) is 12.2. The molecule has 0 unspecified atom stereocenters. The Balaban J connectivity index is 2.24. The lowest BCUT2D eigenvalue weighted by molar-refractivity contribution is -0.119. The van der Waals surface area contributed by atoms with Gasteiger partial charge >= 0.3 is 0 Å². The van der Waals surface area contributed by atoms with Crippen LogP contribution in [0.5, 0.6) is 0 Å². The number of carbonyl (C=O) groups is 2. The van der Waals surface area contributed by atoms with E-state index in [2.05, 4.69) is 26.6 Å². The number of rotatable bonds is 6. The summed E-state index contributed by atoms with van der Waals surface area (Å²) in [5.41, 5.74) is 1.79. The van der Waals surface area contributed by atoms with Gasteiger partial charge in [-0.05, 0) is 25.1 Å². The van der Waals surface area contributed by atoms with Crippen LogP contribution in [0, 0.1) is 0 Å². The quantitative estimate of drug-likeness (QED) is 0.777. The lowest BCUT2D eigenvalue weighted by atomic mass is 10.0. The highest BCUT2D eigenvalue weighted by Crippen LogP contribution is 2.23. The third-order valence-electron chi connectivity index (χ3n) is 3.08. The molecule has 0 bridgehead atoms. The van der Waals surface area contributed by atoms with Gasteiger partial charge in [-0.1, -0.05) is 46.3 Å². The van der Waals surface area contributed by atoms with Crippen LogP contribution in [0.4, 0.5) is 5.69 Å². The van der Waals surface area contributed by atoms with Gasteiger partial charge in [-0.3, -0.25) is 9.59 Å². The first kappa shape index (κ1) is 16.2. The van der Waals surface area contributed by atoms with Gasteiger partial charge in [-0.15, -0.1) is 0 Å². The van der Waals surface area contributed by atoms with Crippen molar-refractivity contribution < 1.29 is 9.59 Å². The topological polar surface area (TPSA) is 58.2 Å². The molecule has 114 valence electrons. The van der Waals surface area contributed by atoms with Crippen molar-refractivity contribution in [2.24, 2.45) is 0 Å². The second-order valence-corrected chi connectivity index (χ2v) is 5.61. The molecule has 22 heavy (non-hydrogen) atoms. The Kier molecular flexibility index (Phi) is 5.72. The Bertz CT molecular complexity index is 672. The van der Waals surface area contributed by atoms with Crippen molar-refractivity contribution in [3.63, 3.8) is 0 Å². The molecular formula is C17H17BrN2O2. The maximum absolute atomic E-state index is 12.6. The number of benzene rings is 2. The Morgan fingerprint density at radius 3 is 2.50 bits per heavy atom. The number of carbonyl (C=O) groups excluding carboxylic acids is 2. The van der Waals surface area contributed by atoms with E-state index in [0.29, 0.717) is 23.4 Å². The van der Waals surface area contributed by atoms with Crippen molar-refractivity contribution in [2.75, 3.05) is 18.4 Å². The van der Waals surface area contributed by atoms with Crippen LogP contribution in [0.2, 0.25) is 0 Å². The van der Waals surface area contributed by atoms with E-state index in [-0.39, 0.29) is 18.2 Å². The maximum Gasteiger partial charge on any atom is 0.239 e. The van der Waals surface area contributed by atoms with Gasteiger partial charge in [-0.25, -0.2) is 0 Å². The van der Waals surface area contributed by atoms with Crippen molar-refractivity contribution in [3.05, 3.63) is 64.1 Å². The third-order valence-corrected chi connectivity index (χ3v) is 3.57. The molecule has 2 aromatic carbocycles. The van der Waals surface area contributed by atoms with E-state index < -0.39 is 0 Å². The molecule has 0 aliphatic carbocycles. The number of nitrogens with one attached hydrogen (secondary N) is 2. The molecule has 0 aliphatic rings. The molecule has 0 atom stereocenters. The molecule has 5 heteroatoms. The molecule has 0 heterocycles. The summed E-state index contributed by atoms with van der Waals surface area (Å²) >= 11 is 3.38. The molecule has 4 nitrogen and oxygen atoms in total. The van der Waals surface area contributed by atoms with Crippen molar-refractivity contribution >= 4 is 33.3 Å². The van der Waals surface area contributed by atoms with Gasteiger partial charge in [0.15, 0.2) is 5.78 Å². The molecule has 2 rings (SSSR count). The second kappa shape index (κ2) is 7.75. The molecule has 0 aliphatic heterocycles. The largest absolute Gasteiger partial charge is 0.376 e. The summed E-state index contributed by atoms with van der Waals surface area (Å²) in [6, 6.07) is 14.5. The van der Waals surface area contributed by atoms with Gasteiger partial charge in [0.05, 0.1) is 6.54 Å². The van der Waals surface area contributed by atoms with Crippen LogP contribution in [0.15, 0.2) is 53.0 Å². The molecule has 0 fully saturated rings. The fourth-order valence-corrected chi connectivity index (χ4v) is 2.40. The number of hydrogen-bond donors (Lipinski definition) is 2. The molecule has 0 saturated carbocycles. The van der Waals surface area contributed by atoms with Crippen LogP contribution in [-0.2, 0) is 4.79 Å². The summed E-state index contributed by atoms with van der Waals surface area (Å²) < 4.78 is 0.815. The normalized spacial score (nSPS) is 10.1. The standard InChI is InChI=1S/C17H17BrN2O2/c1-2-19-16(21)11-20-15-9-8-13(18)10-14(15)17(22)12-6-4-3-5-7-12/h3-10,20H,2,11H2,1H3,(H,19,21). The minimum absolute atomic E-state index is 0.0831. The maximum atomic E-state index is 12.6. The number of likely N-dealkylation sites (N-methyl/N-ethyl adjacent to an activating group) is 1. The molecule has 0 radical (unpaired) electrons. The van der Waals surface area contributed by atoms with Crippen molar-refractivity contribution in [3.8, 4) is 0 Å². The molecule has 2 aromatic rings. The Hall–Kier alpha value is -2.14. The smallest absolute Gasteiger partial charge is 0.239 e. The molecule has 1 amide bonds. The minimum atomic E-state index is -0.108. The number of amides is 1. The Morgan fingerprint density at radius 1 is 1.09 bits per heavy atom. The lowest BCUT2D eigenvalue weighted by Crippen LogP contribution is -2.29. The zero-order valence-corrected chi connectivity index (χ0v) is 13.8. The highest BCUT2D eigenvalue weighted by molar-refractivity contribution is 9.10. The monoisotopic (exact) mass is 360 g/mol. The van der Waals surface area contributed by atoms with Gasteiger partial charge in [-0.2, -0.15) is 0 Å². The van der Waals surface area contributed by atoms with Crippen LogP contribution >= 0.6 is 15.9 Å². The minimum Gasteiger partial charge on any atom is -0.376 e. The highest BCUT2D eigenvalue weighted by Gasteiger charge is 2.14. The first-order valence-electron chi connectivity index (χ1n) is 7.01. The van der Waals surface area contributed by atoms with E-state index in [1.54, 1.807) is 24.3 Å². The van der Waals surface area contributed by atoms with Crippen LogP contribution in [0.3, 0.4) is 0 Å². The molecular weight excluding hydrogens is 344 g/mol. The molecule has 0 saturated heterocycles. The van der Waals surface area contributed by atoms with Crippen LogP contribution < -0.4 is 10.6 Å². The van der Waals surface area contributed by atoms with Crippen molar-refractivity contribution in [1.82, 2.24) is 5.32 Å². The Labute approximate surface area is 138 Å². The molecule has 2 N–H and O–H groups in total. The summed E-state index contributed by atoms with van der Waals surface area (Å²) in [5.74, 6) is -0.191. The van der Waals surface area contributed by atoms with Crippen LogP contribution in [0.25, 0.3) is 0 Å². The fraction of sp³-hybridized carbons (Fsp3) is 0.176. The van der Waals surface area contributed by atoms with E-state index in [4.69, 9.17) is 0 Å². The average Bonchev–Trinajstić information content (AvgIpc) is 2.54. The SMILES string of the molecule is CCNC(=O)CNc1ccc(Br)cc1C(=O)c1ccccc1.